The summed E-state index contributed by atoms with van der Waals surface area (Å²) in [5.41, 5.74) is 5.12. The van der Waals surface area contributed by atoms with Gasteiger partial charge < -0.3 is 0 Å². The van der Waals surface area contributed by atoms with Gasteiger partial charge in [-0.2, -0.15) is 0 Å². The minimum Gasteiger partial charge on any atom is -0.271 e. The molecular formula is C12H14IN3S. The molecule has 0 radical (unpaired) electrons. The van der Waals surface area contributed by atoms with Crippen LogP contribution in [0.2, 0.25) is 0 Å². The summed E-state index contributed by atoms with van der Waals surface area (Å²) in [5.74, 6) is 5.60. The third-order valence-corrected chi connectivity index (χ3v) is 4.06. The van der Waals surface area contributed by atoms with Crippen LogP contribution in [0.3, 0.4) is 0 Å². The molecule has 5 heteroatoms. The van der Waals surface area contributed by atoms with Crippen molar-refractivity contribution in [3.63, 3.8) is 0 Å². The predicted octanol–water partition coefficient (Wildman–Crippen LogP) is 2.80. The Kier molecular flexibility index (Phi) is 4.49. The summed E-state index contributed by atoms with van der Waals surface area (Å²) in [6.07, 6.45) is 0.858. The van der Waals surface area contributed by atoms with E-state index in [-0.39, 0.29) is 6.04 Å². The van der Waals surface area contributed by atoms with Crippen LogP contribution in [0.5, 0.6) is 0 Å². The van der Waals surface area contributed by atoms with Crippen LogP contribution in [0.4, 0.5) is 0 Å². The lowest BCUT2D eigenvalue weighted by Gasteiger charge is -2.13. The molecule has 3 N–H and O–H groups in total. The van der Waals surface area contributed by atoms with Crippen LogP contribution in [-0.4, -0.2) is 4.98 Å². The fourth-order valence-corrected chi connectivity index (χ4v) is 2.67. The van der Waals surface area contributed by atoms with E-state index in [4.69, 9.17) is 5.84 Å². The lowest BCUT2D eigenvalue weighted by Crippen LogP contribution is -2.29. The van der Waals surface area contributed by atoms with E-state index in [0.717, 1.165) is 17.1 Å². The van der Waals surface area contributed by atoms with Gasteiger partial charge in [0.25, 0.3) is 0 Å². The van der Waals surface area contributed by atoms with Crippen molar-refractivity contribution in [1.29, 1.82) is 0 Å². The number of benzene rings is 1. The standard InChI is InChI=1S/C12H14IN3S/c1-8-15-12(7-17-8)11(16-14)6-9-2-4-10(13)5-3-9/h2-5,7,11,16H,6,14H2,1H3. The van der Waals surface area contributed by atoms with Crippen LogP contribution >= 0.6 is 33.9 Å². The van der Waals surface area contributed by atoms with Gasteiger partial charge in [0.15, 0.2) is 0 Å². The third-order valence-electron chi connectivity index (χ3n) is 2.55. The summed E-state index contributed by atoms with van der Waals surface area (Å²) in [6.45, 7) is 2.01. The number of hydrazine groups is 1. The lowest BCUT2D eigenvalue weighted by molar-refractivity contribution is 0.540. The molecule has 0 aliphatic carbocycles. The van der Waals surface area contributed by atoms with Crippen molar-refractivity contribution in [1.82, 2.24) is 10.4 Å². The number of nitrogens with zero attached hydrogens (tertiary/aromatic N) is 1. The molecule has 0 aliphatic rings. The van der Waals surface area contributed by atoms with Crippen molar-refractivity contribution in [2.45, 2.75) is 19.4 Å². The van der Waals surface area contributed by atoms with Gasteiger partial charge in [0.1, 0.15) is 0 Å². The van der Waals surface area contributed by atoms with Crippen LogP contribution in [0.1, 0.15) is 22.3 Å². The Labute approximate surface area is 119 Å². The molecule has 3 nitrogen and oxygen atoms in total. The summed E-state index contributed by atoms with van der Waals surface area (Å²) >= 11 is 3.96. The number of nitrogens with one attached hydrogen (secondary N) is 1. The molecule has 0 bridgehead atoms. The average Bonchev–Trinajstić information content (AvgIpc) is 2.75. The Balaban J connectivity index is 2.12. The monoisotopic (exact) mass is 359 g/mol. The van der Waals surface area contributed by atoms with Crippen LogP contribution in [0, 0.1) is 10.5 Å². The molecular weight excluding hydrogens is 345 g/mol. The fraction of sp³-hybridized carbons (Fsp3) is 0.250. The largest absolute Gasteiger partial charge is 0.271 e. The minimum atomic E-state index is 0.0833. The van der Waals surface area contributed by atoms with Crippen molar-refractivity contribution >= 4 is 33.9 Å². The van der Waals surface area contributed by atoms with Gasteiger partial charge in [-0.3, -0.25) is 11.3 Å². The highest BCUT2D eigenvalue weighted by Gasteiger charge is 2.13. The van der Waals surface area contributed by atoms with Gasteiger partial charge in [-0.25, -0.2) is 4.98 Å². The second-order valence-electron chi connectivity index (χ2n) is 3.84. The number of aromatic nitrogens is 1. The highest BCUT2D eigenvalue weighted by atomic mass is 127. The highest BCUT2D eigenvalue weighted by molar-refractivity contribution is 14.1. The maximum absolute atomic E-state index is 5.60. The first-order valence-corrected chi connectivity index (χ1v) is 7.27. The number of thiazole rings is 1. The molecule has 1 heterocycles. The fourth-order valence-electron chi connectivity index (χ4n) is 1.65. The molecule has 90 valence electrons. The normalized spacial score (nSPS) is 12.6. The van der Waals surface area contributed by atoms with Gasteiger partial charge in [-0.1, -0.05) is 12.1 Å². The summed E-state index contributed by atoms with van der Waals surface area (Å²) in [5, 5.41) is 3.13. The van der Waals surface area contributed by atoms with Crippen molar-refractivity contribution in [2.24, 2.45) is 5.84 Å². The Morgan fingerprint density at radius 3 is 2.65 bits per heavy atom. The molecule has 1 atom stereocenters. The Hall–Kier alpha value is -0.500. The first kappa shape index (κ1) is 12.9. The van der Waals surface area contributed by atoms with Gasteiger partial charge in [-0.05, 0) is 53.6 Å². The van der Waals surface area contributed by atoms with Crippen LogP contribution < -0.4 is 11.3 Å². The molecule has 2 aromatic rings. The van der Waals surface area contributed by atoms with Gasteiger partial charge in [0.05, 0.1) is 16.7 Å². The third kappa shape index (κ3) is 3.48. The van der Waals surface area contributed by atoms with Crippen molar-refractivity contribution in [3.05, 3.63) is 49.5 Å². The first-order valence-electron chi connectivity index (χ1n) is 5.31. The van der Waals surface area contributed by atoms with E-state index < -0.39 is 0 Å². The zero-order valence-corrected chi connectivity index (χ0v) is 12.5. The van der Waals surface area contributed by atoms with Crippen molar-refractivity contribution in [2.75, 3.05) is 0 Å². The zero-order valence-electron chi connectivity index (χ0n) is 9.48. The predicted molar refractivity (Wildman–Crippen MR) is 79.8 cm³/mol. The van der Waals surface area contributed by atoms with Gasteiger partial charge in [0.2, 0.25) is 0 Å². The number of hydrogen-bond donors (Lipinski definition) is 2. The summed E-state index contributed by atoms with van der Waals surface area (Å²) in [7, 11) is 0. The SMILES string of the molecule is Cc1nc(C(Cc2ccc(I)cc2)NN)cs1. The van der Waals surface area contributed by atoms with E-state index in [0.29, 0.717) is 0 Å². The minimum absolute atomic E-state index is 0.0833. The zero-order chi connectivity index (χ0) is 12.3. The number of halogens is 1. The topological polar surface area (TPSA) is 50.9 Å². The molecule has 0 fully saturated rings. The van der Waals surface area contributed by atoms with Crippen LogP contribution in [0.15, 0.2) is 29.6 Å². The Morgan fingerprint density at radius 1 is 1.41 bits per heavy atom. The van der Waals surface area contributed by atoms with Crippen LogP contribution in [0.25, 0.3) is 0 Å². The van der Waals surface area contributed by atoms with Gasteiger partial charge >= 0.3 is 0 Å². The molecule has 1 aromatic heterocycles. The molecule has 17 heavy (non-hydrogen) atoms. The number of nitrogens with two attached hydrogens (primary N) is 1. The molecule has 2 rings (SSSR count). The van der Waals surface area contributed by atoms with Crippen molar-refractivity contribution in [3.8, 4) is 0 Å². The second kappa shape index (κ2) is 5.90. The van der Waals surface area contributed by atoms with E-state index in [2.05, 4.69) is 62.6 Å². The van der Waals surface area contributed by atoms with E-state index in [1.54, 1.807) is 11.3 Å². The quantitative estimate of drug-likeness (QED) is 0.502. The van der Waals surface area contributed by atoms with E-state index in [1.807, 2.05) is 6.92 Å². The number of aryl methyl sites for hydroxylation is 1. The smallest absolute Gasteiger partial charge is 0.0898 e. The molecule has 0 spiro atoms. The first-order chi connectivity index (χ1) is 8.19. The lowest BCUT2D eigenvalue weighted by atomic mass is 10.0. The maximum atomic E-state index is 5.60. The molecule has 0 amide bonds. The molecule has 0 saturated carbocycles. The molecule has 0 aliphatic heterocycles. The summed E-state index contributed by atoms with van der Waals surface area (Å²) in [6, 6.07) is 8.56. The van der Waals surface area contributed by atoms with Crippen molar-refractivity contribution < 1.29 is 0 Å². The molecule has 1 unspecified atom stereocenters. The molecule has 1 aromatic carbocycles. The molecule has 0 saturated heterocycles. The second-order valence-corrected chi connectivity index (χ2v) is 6.15. The maximum Gasteiger partial charge on any atom is 0.0898 e. The highest BCUT2D eigenvalue weighted by Crippen LogP contribution is 2.20. The van der Waals surface area contributed by atoms with E-state index in [1.165, 1.54) is 9.13 Å². The number of hydrogen-bond acceptors (Lipinski definition) is 4. The van der Waals surface area contributed by atoms with E-state index in [9.17, 15) is 0 Å². The van der Waals surface area contributed by atoms with Gasteiger partial charge in [0, 0.05) is 8.95 Å². The summed E-state index contributed by atoms with van der Waals surface area (Å²) in [4.78, 5) is 4.47. The number of rotatable bonds is 4. The van der Waals surface area contributed by atoms with Crippen LogP contribution in [-0.2, 0) is 6.42 Å². The van der Waals surface area contributed by atoms with Gasteiger partial charge in [-0.15, -0.1) is 11.3 Å². The Bertz CT molecular complexity index is 481. The summed E-state index contributed by atoms with van der Waals surface area (Å²) < 4.78 is 1.24. The Morgan fingerprint density at radius 2 is 2.12 bits per heavy atom. The average molecular weight is 359 g/mol. The van der Waals surface area contributed by atoms with E-state index >= 15 is 0 Å².